The molecule has 0 saturated carbocycles. The number of amides is 1. The van der Waals surface area contributed by atoms with Crippen LogP contribution in [-0.2, 0) is 21.4 Å². The number of benzene rings is 2. The van der Waals surface area contributed by atoms with E-state index in [1.165, 1.54) is 24.6 Å². The molecular weight excluding hydrogens is 350 g/mol. The van der Waals surface area contributed by atoms with Gasteiger partial charge in [-0.05, 0) is 49.8 Å². The monoisotopic (exact) mass is 375 g/mol. The second-order valence-corrected chi connectivity index (χ2v) is 7.95. The minimum Gasteiger partial charge on any atom is -0.326 e. The van der Waals surface area contributed by atoms with Gasteiger partial charge in [0.05, 0.1) is 4.90 Å². The minimum absolute atomic E-state index is 0.184. The summed E-state index contributed by atoms with van der Waals surface area (Å²) in [6, 6.07) is 16.3. The Morgan fingerprint density at radius 1 is 1.04 bits per heavy atom. The second kappa shape index (κ2) is 9.47. The average molecular weight is 375 g/mol. The Bertz CT molecular complexity index is 806. The van der Waals surface area contributed by atoms with E-state index in [4.69, 9.17) is 0 Å². The van der Waals surface area contributed by atoms with Crippen LogP contribution in [0.2, 0.25) is 0 Å². The molecule has 2 N–H and O–H groups in total. The third-order valence-electron chi connectivity index (χ3n) is 3.79. The summed E-state index contributed by atoms with van der Waals surface area (Å²) in [5.74, 6) is -0.196. The van der Waals surface area contributed by atoms with Crippen molar-refractivity contribution in [1.29, 1.82) is 0 Å². The number of carbonyl (C=O) groups is 1. The Morgan fingerprint density at radius 3 is 2.31 bits per heavy atom. The number of rotatable bonds is 9. The van der Waals surface area contributed by atoms with Crippen molar-refractivity contribution in [3.8, 4) is 0 Å². The average Bonchev–Trinajstić information content (AvgIpc) is 2.60. The molecule has 0 aliphatic rings. The van der Waals surface area contributed by atoms with Crippen LogP contribution >= 0.6 is 0 Å². The third-order valence-corrected chi connectivity index (χ3v) is 5.27. The van der Waals surface area contributed by atoms with Gasteiger partial charge in [0.25, 0.3) is 0 Å². The van der Waals surface area contributed by atoms with Gasteiger partial charge in [0.2, 0.25) is 15.9 Å². The molecule has 0 saturated heterocycles. The highest BCUT2D eigenvalue weighted by Gasteiger charge is 2.13. The highest BCUT2D eigenvalue weighted by molar-refractivity contribution is 7.89. The zero-order valence-electron chi connectivity index (χ0n) is 15.1. The van der Waals surface area contributed by atoms with Crippen molar-refractivity contribution in [3.63, 3.8) is 0 Å². The molecule has 0 spiro atoms. The first-order chi connectivity index (χ1) is 12.4. The van der Waals surface area contributed by atoms with E-state index >= 15 is 0 Å². The van der Waals surface area contributed by atoms with Crippen LogP contribution in [0.5, 0.6) is 0 Å². The Hall–Kier alpha value is -2.22. The molecule has 0 fully saturated rings. The standard InChI is InChI=1S/C19H25N3O3S/c1-16(23)21-18-9-11-19(12-10-18)26(24,25)20-13-6-14-22(2)15-17-7-4-3-5-8-17/h3-5,7-12,20H,6,13-15H2,1-2H3,(H,21,23). The van der Waals surface area contributed by atoms with Crippen molar-refractivity contribution in [2.45, 2.75) is 24.8 Å². The lowest BCUT2D eigenvalue weighted by Gasteiger charge is -2.16. The van der Waals surface area contributed by atoms with E-state index in [2.05, 4.69) is 27.1 Å². The van der Waals surface area contributed by atoms with Gasteiger partial charge in [0.1, 0.15) is 0 Å². The molecule has 0 aliphatic heterocycles. The van der Waals surface area contributed by atoms with Gasteiger partial charge >= 0.3 is 0 Å². The number of sulfonamides is 1. The summed E-state index contributed by atoms with van der Waals surface area (Å²) < 4.78 is 27.2. The molecule has 0 aliphatic carbocycles. The molecule has 0 bridgehead atoms. The largest absolute Gasteiger partial charge is 0.326 e. The topological polar surface area (TPSA) is 78.5 Å². The van der Waals surface area contributed by atoms with E-state index in [-0.39, 0.29) is 10.8 Å². The van der Waals surface area contributed by atoms with Crippen molar-refractivity contribution < 1.29 is 13.2 Å². The fourth-order valence-electron chi connectivity index (χ4n) is 2.53. The Balaban J connectivity index is 1.78. The maximum atomic E-state index is 12.3. The highest BCUT2D eigenvalue weighted by atomic mass is 32.2. The van der Waals surface area contributed by atoms with Crippen LogP contribution in [0.3, 0.4) is 0 Å². The molecule has 2 rings (SSSR count). The predicted octanol–water partition coefficient (Wildman–Crippen LogP) is 2.45. The van der Waals surface area contributed by atoms with Crippen LogP contribution in [0.15, 0.2) is 59.5 Å². The Labute approximate surface area is 155 Å². The van der Waals surface area contributed by atoms with E-state index in [9.17, 15) is 13.2 Å². The Kier molecular flexibility index (Phi) is 7.32. The van der Waals surface area contributed by atoms with Gasteiger partial charge in [-0.15, -0.1) is 0 Å². The van der Waals surface area contributed by atoms with Gasteiger partial charge in [-0.2, -0.15) is 0 Å². The lowest BCUT2D eigenvalue weighted by Crippen LogP contribution is -2.28. The third kappa shape index (κ3) is 6.59. The first-order valence-corrected chi connectivity index (χ1v) is 9.95. The van der Waals surface area contributed by atoms with E-state index in [0.29, 0.717) is 18.7 Å². The van der Waals surface area contributed by atoms with Crippen LogP contribution < -0.4 is 10.0 Å². The number of nitrogens with zero attached hydrogens (tertiary/aromatic N) is 1. The minimum atomic E-state index is -3.54. The summed E-state index contributed by atoms with van der Waals surface area (Å²) in [7, 11) is -1.53. The number of hydrogen-bond donors (Lipinski definition) is 2. The van der Waals surface area contributed by atoms with Gasteiger partial charge in [-0.1, -0.05) is 30.3 Å². The van der Waals surface area contributed by atoms with Gasteiger partial charge in [-0.25, -0.2) is 13.1 Å². The first-order valence-electron chi connectivity index (χ1n) is 8.46. The maximum Gasteiger partial charge on any atom is 0.240 e. The maximum absolute atomic E-state index is 12.3. The van der Waals surface area contributed by atoms with Crippen LogP contribution in [0.25, 0.3) is 0 Å². The summed E-state index contributed by atoms with van der Waals surface area (Å²) in [4.78, 5) is 13.3. The predicted molar refractivity (Wildman–Crippen MR) is 103 cm³/mol. The highest BCUT2D eigenvalue weighted by Crippen LogP contribution is 2.14. The number of nitrogens with one attached hydrogen (secondary N) is 2. The molecule has 140 valence electrons. The fraction of sp³-hybridized carbons (Fsp3) is 0.316. The molecule has 0 atom stereocenters. The molecule has 6 nitrogen and oxygen atoms in total. The number of anilines is 1. The molecule has 7 heteroatoms. The first kappa shape index (κ1) is 20.1. The van der Waals surface area contributed by atoms with Crippen LogP contribution in [0, 0.1) is 0 Å². The summed E-state index contributed by atoms with van der Waals surface area (Å²) in [5, 5.41) is 2.61. The van der Waals surface area contributed by atoms with Crippen molar-refractivity contribution in [2.75, 3.05) is 25.5 Å². The second-order valence-electron chi connectivity index (χ2n) is 6.18. The quantitative estimate of drug-likeness (QED) is 0.660. The molecule has 2 aromatic rings. The van der Waals surface area contributed by atoms with Gasteiger partial charge in [0.15, 0.2) is 0 Å². The molecule has 1 amide bonds. The number of carbonyl (C=O) groups excluding carboxylic acids is 1. The molecule has 0 heterocycles. The lowest BCUT2D eigenvalue weighted by atomic mass is 10.2. The fourth-order valence-corrected chi connectivity index (χ4v) is 3.61. The molecular formula is C19H25N3O3S. The normalized spacial score (nSPS) is 11.5. The molecule has 0 aromatic heterocycles. The van der Waals surface area contributed by atoms with Crippen LogP contribution in [0.1, 0.15) is 18.9 Å². The smallest absolute Gasteiger partial charge is 0.240 e. The summed E-state index contributed by atoms with van der Waals surface area (Å²) in [5.41, 5.74) is 1.80. The summed E-state index contributed by atoms with van der Waals surface area (Å²) in [6.07, 6.45) is 0.715. The van der Waals surface area contributed by atoms with Crippen molar-refractivity contribution in [3.05, 3.63) is 60.2 Å². The Morgan fingerprint density at radius 2 is 1.69 bits per heavy atom. The van der Waals surface area contributed by atoms with E-state index in [1.807, 2.05) is 25.2 Å². The lowest BCUT2D eigenvalue weighted by molar-refractivity contribution is -0.114. The van der Waals surface area contributed by atoms with Crippen molar-refractivity contribution in [2.24, 2.45) is 0 Å². The molecule has 26 heavy (non-hydrogen) atoms. The van der Waals surface area contributed by atoms with Crippen LogP contribution in [-0.4, -0.2) is 39.4 Å². The van der Waals surface area contributed by atoms with E-state index < -0.39 is 10.0 Å². The van der Waals surface area contributed by atoms with E-state index in [1.54, 1.807) is 12.1 Å². The molecule has 0 unspecified atom stereocenters. The zero-order valence-corrected chi connectivity index (χ0v) is 15.9. The zero-order chi connectivity index (χ0) is 19.0. The molecule has 0 radical (unpaired) electrons. The van der Waals surface area contributed by atoms with Crippen LogP contribution in [0.4, 0.5) is 5.69 Å². The summed E-state index contributed by atoms with van der Waals surface area (Å²) in [6.45, 7) is 3.40. The van der Waals surface area contributed by atoms with Crippen molar-refractivity contribution in [1.82, 2.24) is 9.62 Å². The number of hydrogen-bond acceptors (Lipinski definition) is 4. The van der Waals surface area contributed by atoms with Gasteiger partial charge < -0.3 is 10.2 Å². The van der Waals surface area contributed by atoms with Crippen molar-refractivity contribution >= 4 is 21.6 Å². The van der Waals surface area contributed by atoms with E-state index in [0.717, 1.165) is 13.1 Å². The van der Waals surface area contributed by atoms with Gasteiger partial charge in [0, 0.05) is 25.7 Å². The van der Waals surface area contributed by atoms with Gasteiger partial charge in [-0.3, -0.25) is 4.79 Å². The molecule has 2 aromatic carbocycles. The SMILES string of the molecule is CC(=O)Nc1ccc(S(=O)(=O)NCCCN(C)Cc2ccccc2)cc1. The summed E-state index contributed by atoms with van der Waals surface area (Å²) >= 11 is 0.